The van der Waals surface area contributed by atoms with E-state index in [0.29, 0.717) is 10.6 Å². The van der Waals surface area contributed by atoms with Gasteiger partial charge in [0.1, 0.15) is 0 Å². The van der Waals surface area contributed by atoms with E-state index in [1.165, 1.54) is 0 Å². The summed E-state index contributed by atoms with van der Waals surface area (Å²) in [4.78, 5) is 0.301. The second-order valence-corrected chi connectivity index (χ2v) is 7.05. The van der Waals surface area contributed by atoms with E-state index in [0.717, 1.165) is 21.9 Å². The summed E-state index contributed by atoms with van der Waals surface area (Å²) in [7, 11) is -3.62. The second-order valence-electron chi connectivity index (χ2n) is 5.40. The topological polar surface area (TPSA) is 46.2 Å². The van der Waals surface area contributed by atoms with Crippen LogP contribution >= 0.6 is 0 Å². The van der Waals surface area contributed by atoms with Gasteiger partial charge in [-0.25, -0.2) is 8.42 Å². The SMILES string of the molecule is Cc1cccc(NS(=O)(=O)c2cccc3c(C)cccc23)c1. The highest BCUT2D eigenvalue weighted by Crippen LogP contribution is 2.27. The van der Waals surface area contributed by atoms with Gasteiger partial charge in [-0.2, -0.15) is 0 Å². The van der Waals surface area contributed by atoms with E-state index in [-0.39, 0.29) is 0 Å². The molecule has 3 aromatic rings. The summed E-state index contributed by atoms with van der Waals surface area (Å²) in [6.07, 6.45) is 0. The van der Waals surface area contributed by atoms with Gasteiger partial charge in [0.2, 0.25) is 0 Å². The molecule has 0 aliphatic heterocycles. The van der Waals surface area contributed by atoms with Gasteiger partial charge in [0, 0.05) is 11.1 Å². The molecule has 22 heavy (non-hydrogen) atoms. The Morgan fingerprint density at radius 1 is 0.818 bits per heavy atom. The molecule has 0 amide bonds. The number of anilines is 1. The molecular weight excluding hydrogens is 294 g/mol. The molecule has 1 N–H and O–H groups in total. The Morgan fingerprint density at radius 3 is 2.27 bits per heavy atom. The summed E-state index contributed by atoms with van der Waals surface area (Å²) in [6, 6.07) is 18.4. The maximum atomic E-state index is 12.7. The number of sulfonamides is 1. The zero-order chi connectivity index (χ0) is 15.7. The van der Waals surface area contributed by atoms with Crippen LogP contribution < -0.4 is 4.72 Å². The van der Waals surface area contributed by atoms with E-state index < -0.39 is 10.0 Å². The maximum Gasteiger partial charge on any atom is 0.262 e. The number of rotatable bonds is 3. The van der Waals surface area contributed by atoms with Crippen LogP contribution in [0.3, 0.4) is 0 Å². The molecular formula is C18H17NO2S. The van der Waals surface area contributed by atoms with Crippen molar-refractivity contribution in [2.75, 3.05) is 4.72 Å². The van der Waals surface area contributed by atoms with E-state index in [9.17, 15) is 8.42 Å². The van der Waals surface area contributed by atoms with E-state index in [2.05, 4.69) is 4.72 Å². The minimum absolute atomic E-state index is 0.301. The third-order valence-corrected chi connectivity index (χ3v) is 5.10. The van der Waals surface area contributed by atoms with Crippen molar-refractivity contribution in [2.45, 2.75) is 18.7 Å². The van der Waals surface area contributed by atoms with Crippen molar-refractivity contribution in [1.29, 1.82) is 0 Å². The molecule has 0 saturated heterocycles. The van der Waals surface area contributed by atoms with Crippen LogP contribution in [0.25, 0.3) is 10.8 Å². The number of nitrogens with one attached hydrogen (secondary N) is 1. The molecule has 0 unspecified atom stereocenters. The molecule has 0 radical (unpaired) electrons. The monoisotopic (exact) mass is 311 g/mol. The molecule has 0 spiro atoms. The molecule has 3 rings (SSSR count). The fourth-order valence-corrected chi connectivity index (χ4v) is 3.86. The van der Waals surface area contributed by atoms with Crippen molar-refractivity contribution >= 4 is 26.5 Å². The molecule has 4 heteroatoms. The van der Waals surface area contributed by atoms with E-state index in [1.54, 1.807) is 18.2 Å². The lowest BCUT2D eigenvalue weighted by molar-refractivity contribution is 0.602. The van der Waals surface area contributed by atoms with Crippen LogP contribution in [0.1, 0.15) is 11.1 Å². The average molecular weight is 311 g/mol. The van der Waals surface area contributed by atoms with Crippen LogP contribution in [-0.4, -0.2) is 8.42 Å². The molecule has 0 fully saturated rings. The van der Waals surface area contributed by atoms with Crippen LogP contribution in [0.2, 0.25) is 0 Å². The lowest BCUT2D eigenvalue weighted by atomic mass is 10.1. The predicted octanol–water partition coefficient (Wildman–Crippen LogP) is 4.26. The van der Waals surface area contributed by atoms with Crippen molar-refractivity contribution in [3.05, 3.63) is 71.8 Å². The summed E-state index contributed by atoms with van der Waals surface area (Å²) >= 11 is 0. The van der Waals surface area contributed by atoms with Gasteiger partial charge in [-0.15, -0.1) is 0 Å². The molecule has 0 saturated carbocycles. The van der Waals surface area contributed by atoms with Gasteiger partial charge in [0.25, 0.3) is 10.0 Å². The van der Waals surface area contributed by atoms with Gasteiger partial charge in [-0.1, -0.05) is 42.5 Å². The van der Waals surface area contributed by atoms with Crippen molar-refractivity contribution in [3.8, 4) is 0 Å². The molecule has 3 aromatic carbocycles. The fourth-order valence-electron chi connectivity index (χ4n) is 2.59. The number of fused-ring (bicyclic) bond motifs is 1. The zero-order valence-electron chi connectivity index (χ0n) is 12.5. The van der Waals surface area contributed by atoms with Gasteiger partial charge in [0.05, 0.1) is 4.90 Å². The van der Waals surface area contributed by atoms with Gasteiger partial charge in [-0.3, -0.25) is 4.72 Å². The first-order valence-corrected chi connectivity index (χ1v) is 8.53. The third kappa shape index (κ3) is 2.70. The molecule has 0 aliphatic rings. The maximum absolute atomic E-state index is 12.7. The Balaban J connectivity index is 2.12. The van der Waals surface area contributed by atoms with Gasteiger partial charge in [-0.05, 0) is 48.6 Å². The van der Waals surface area contributed by atoms with Crippen molar-refractivity contribution in [3.63, 3.8) is 0 Å². The molecule has 0 heterocycles. The predicted molar refractivity (Wildman–Crippen MR) is 90.7 cm³/mol. The van der Waals surface area contributed by atoms with Crippen molar-refractivity contribution in [2.24, 2.45) is 0 Å². The van der Waals surface area contributed by atoms with Gasteiger partial charge >= 0.3 is 0 Å². The molecule has 3 nitrogen and oxygen atoms in total. The average Bonchev–Trinajstić information content (AvgIpc) is 2.46. The normalized spacial score (nSPS) is 11.5. The molecule has 0 bridgehead atoms. The van der Waals surface area contributed by atoms with Crippen LogP contribution in [0.15, 0.2) is 65.6 Å². The highest BCUT2D eigenvalue weighted by Gasteiger charge is 2.17. The van der Waals surface area contributed by atoms with Crippen LogP contribution in [0.5, 0.6) is 0 Å². The van der Waals surface area contributed by atoms with Gasteiger partial charge in [0.15, 0.2) is 0 Å². The summed E-state index contributed by atoms with van der Waals surface area (Å²) in [5.41, 5.74) is 2.64. The summed E-state index contributed by atoms with van der Waals surface area (Å²) < 4.78 is 28.1. The molecule has 0 aromatic heterocycles. The number of benzene rings is 3. The summed E-state index contributed by atoms with van der Waals surface area (Å²) in [5, 5.41) is 1.69. The van der Waals surface area contributed by atoms with Crippen LogP contribution in [0, 0.1) is 13.8 Å². The first kappa shape index (κ1) is 14.6. The Kier molecular flexibility index (Phi) is 3.62. The summed E-state index contributed by atoms with van der Waals surface area (Å²) in [6.45, 7) is 3.91. The Bertz CT molecular complexity index is 946. The first-order chi connectivity index (χ1) is 10.5. The Hall–Kier alpha value is -2.33. The molecule has 0 atom stereocenters. The minimum Gasteiger partial charge on any atom is -0.280 e. The number of aryl methyl sites for hydroxylation is 2. The zero-order valence-corrected chi connectivity index (χ0v) is 13.3. The standard InChI is InChI=1S/C18H17NO2S/c1-13-6-3-8-15(12-13)19-22(20,21)18-11-5-9-16-14(2)7-4-10-17(16)18/h3-12,19H,1-2H3. The van der Waals surface area contributed by atoms with E-state index >= 15 is 0 Å². The lowest BCUT2D eigenvalue weighted by Gasteiger charge is -2.12. The summed E-state index contributed by atoms with van der Waals surface area (Å²) in [5.74, 6) is 0. The van der Waals surface area contributed by atoms with Crippen molar-refractivity contribution < 1.29 is 8.42 Å². The van der Waals surface area contributed by atoms with Crippen LogP contribution in [0.4, 0.5) is 5.69 Å². The van der Waals surface area contributed by atoms with Gasteiger partial charge < -0.3 is 0 Å². The highest BCUT2D eigenvalue weighted by atomic mass is 32.2. The second kappa shape index (κ2) is 5.46. The minimum atomic E-state index is -3.62. The molecule has 112 valence electrons. The Morgan fingerprint density at radius 2 is 1.50 bits per heavy atom. The lowest BCUT2D eigenvalue weighted by Crippen LogP contribution is -2.13. The van der Waals surface area contributed by atoms with Crippen LogP contribution in [-0.2, 0) is 10.0 Å². The Labute approximate surface area is 130 Å². The van der Waals surface area contributed by atoms with E-state index in [4.69, 9.17) is 0 Å². The van der Waals surface area contributed by atoms with E-state index in [1.807, 2.05) is 56.3 Å². The smallest absolute Gasteiger partial charge is 0.262 e. The number of hydrogen-bond acceptors (Lipinski definition) is 2. The third-order valence-electron chi connectivity index (χ3n) is 3.66. The van der Waals surface area contributed by atoms with Crippen molar-refractivity contribution in [1.82, 2.24) is 0 Å². The highest BCUT2D eigenvalue weighted by molar-refractivity contribution is 7.93. The number of hydrogen-bond donors (Lipinski definition) is 1. The fraction of sp³-hybridized carbons (Fsp3) is 0.111. The molecule has 0 aliphatic carbocycles. The quantitative estimate of drug-likeness (QED) is 0.785. The first-order valence-electron chi connectivity index (χ1n) is 7.05. The largest absolute Gasteiger partial charge is 0.280 e.